The normalized spacial score (nSPS) is 18.0. The van der Waals surface area contributed by atoms with Crippen LogP contribution in [0.25, 0.3) is 0 Å². The number of rotatable bonds is 7. The van der Waals surface area contributed by atoms with Crippen LogP contribution in [0.2, 0.25) is 0 Å². The van der Waals surface area contributed by atoms with Crippen LogP contribution in [0.1, 0.15) is 36.8 Å². The molecule has 0 aliphatic carbocycles. The highest BCUT2D eigenvalue weighted by Crippen LogP contribution is 2.18. The van der Waals surface area contributed by atoms with Gasteiger partial charge >= 0.3 is 0 Å². The van der Waals surface area contributed by atoms with Gasteiger partial charge in [-0.1, -0.05) is 17.7 Å². The molecule has 1 aliphatic heterocycles. The van der Waals surface area contributed by atoms with Crippen molar-refractivity contribution in [3.8, 4) is 5.75 Å². The van der Waals surface area contributed by atoms with Crippen LogP contribution in [0.5, 0.6) is 5.75 Å². The van der Waals surface area contributed by atoms with Crippen LogP contribution in [0.15, 0.2) is 18.2 Å². The lowest BCUT2D eigenvalue weighted by Crippen LogP contribution is -2.33. The Morgan fingerprint density at radius 3 is 3.00 bits per heavy atom. The molecule has 2 N–H and O–H groups in total. The number of aryl methyl sites for hydroxylation is 2. The summed E-state index contributed by atoms with van der Waals surface area (Å²) in [6.45, 7) is 7.52. The van der Waals surface area contributed by atoms with Crippen molar-refractivity contribution in [2.24, 2.45) is 5.92 Å². The molecule has 0 radical (unpaired) electrons. The fraction of sp³-hybridized carbons (Fsp3) is 0.611. The number of ether oxygens (including phenoxy) is 1. The number of hydrogen-bond donors (Lipinski definition) is 2. The molecule has 4 nitrogen and oxygen atoms in total. The van der Waals surface area contributed by atoms with Gasteiger partial charge in [-0.15, -0.1) is 0 Å². The van der Waals surface area contributed by atoms with Crippen LogP contribution in [-0.4, -0.2) is 32.1 Å². The Kier molecular flexibility index (Phi) is 6.72. The van der Waals surface area contributed by atoms with E-state index in [2.05, 4.69) is 23.6 Å². The molecule has 1 saturated heterocycles. The van der Waals surface area contributed by atoms with Gasteiger partial charge in [-0.05, 0) is 63.7 Å². The van der Waals surface area contributed by atoms with Crippen molar-refractivity contribution in [2.75, 3.05) is 26.2 Å². The molecule has 1 aliphatic rings. The molecular formula is C18H28N2O2. The number of piperidine rings is 1. The summed E-state index contributed by atoms with van der Waals surface area (Å²) in [7, 11) is 0. The van der Waals surface area contributed by atoms with Crippen molar-refractivity contribution in [3.63, 3.8) is 0 Å². The first kappa shape index (κ1) is 16.8. The number of benzene rings is 1. The molecule has 1 aromatic rings. The maximum atomic E-state index is 11.8. The van der Waals surface area contributed by atoms with E-state index in [1.807, 2.05) is 19.1 Å². The molecule has 1 unspecified atom stereocenters. The Bertz CT molecular complexity index is 482. The van der Waals surface area contributed by atoms with Crippen LogP contribution in [-0.2, 0) is 4.79 Å². The molecular weight excluding hydrogens is 276 g/mol. The first-order valence-electron chi connectivity index (χ1n) is 8.32. The number of carbonyl (C=O) groups excluding carboxylic acids is 1. The fourth-order valence-electron chi connectivity index (χ4n) is 2.89. The number of nitrogens with one attached hydrogen (secondary N) is 2. The summed E-state index contributed by atoms with van der Waals surface area (Å²) >= 11 is 0. The minimum Gasteiger partial charge on any atom is -0.493 e. The summed E-state index contributed by atoms with van der Waals surface area (Å²) in [5.74, 6) is 1.65. The Morgan fingerprint density at radius 2 is 2.27 bits per heavy atom. The first-order valence-corrected chi connectivity index (χ1v) is 8.32. The largest absolute Gasteiger partial charge is 0.493 e. The molecule has 0 saturated carbocycles. The van der Waals surface area contributed by atoms with Crippen molar-refractivity contribution < 1.29 is 9.53 Å². The lowest BCUT2D eigenvalue weighted by molar-refractivity contribution is -0.121. The van der Waals surface area contributed by atoms with E-state index in [1.54, 1.807) is 0 Å². The second kappa shape index (κ2) is 8.79. The Morgan fingerprint density at radius 1 is 1.41 bits per heavy atom. The molecule has 2 rings (SSSR count). The standard InChI is InChI=1S/C18H28N2O2/c1-14-5-6-17(15(2)12-14)22-11-8-18(21)20-10-7-16-4-3-9-19-13-16/h5-6,12,16,19H,3-4,7-11,13H2,1-2H3,(H,20,21). The van der Waals surface area contributed by atoms with Gasteiger partial charge < -0.3 is 15.4 Å². The third-order valence-corrected chi connectivity index (χ3v) is 4.19. The van der Waals surface area contributed by atoms with Crippen LogP contribution in [0.4, 0.5) is 0 Å². The van der Waals surface area contributed by atoms with Crippen molar-refractivity contribution >= 4 is 5.91 Å². The molecule has 4 heteroatoms. The predicted molar refractivity (Wildman–Crippen MR) is 89.2 cm³/mol. The van der Waals surface area contributed by atoms with E-state index in [0.717, 1.165) is 37.4 Å². The van der Waals surface area contributed by atoms with Crippen LogP contribution >= 0.6 is 0 Å². The monoisotopic (exact) mass is 304 g/mol. The van der Waals surface area contributed by atoms with Crippen molar-refractivity contribution in [1.29, 1.82) is 0 Å². The minimum absolute atomic E-state index is 0.0773. The lowest BCUT2D eigenvalue weighted by atomic mass is 9.96. The summed E-state index contributed by atoms with van der Waals surface area (Å²) in [5.41, 5.74) is 2.34. The topological polar surface area (TPSA) is 50.4 Å². The molecule has 1 atom stereocenters. The zero-order valence-electron chi connectivity index (χ0n) is 13.8. The summed E-state index contributed by atoms with van der Waals surface area (Å²) in [4.78, 5) is 11.8. The molecule has 1 fully saturated rings. The summed E-state index contributed by atoms with van der Waals surface area (Å²) < 4.78 is 5.69. The van der Waals surface area contributed by atoms with E-state index < -0.39 is 0 Å². The third kappa shape index (κ3) is 5.68. The number of hydrogen-bond acceptors (Lipinski definition) is 3. The van der Waals surface area contributed by atoms with Gasteiger partial charge in [0, 0.05) is 6.54 Å². The van der Waals surface area contributed by atoms with Gasteiger partial charge in [0.2, 0.25) is 5.91 Å². The Hall–Kier alpha value is -1.55. The van der Waals surface area contributed by atoms with E-state index in [-0.39, 0.29) is 5.91 Å². The van der Waals surface area contributed by atoms with Crippen LogP contribution in [0.3, 0.4) is 0 Å². The Balaban J connectivity index is 1.59. The lowest BCUT2D eigenvalue weighted by Gasteiger charge is -2.22. The van der Waals surface area contributed by atoms with E-state index in [4.69, 9.17) is 4.74 Å². The molecule has 22 heavy (non-hydrogen) atoms. The minimum atomic E-state index is 0.0773. The molecule has 0 spiro atoms. The first-order chi connectivity index (χ1) is 10.6. The van der Waals surface area contributed by atoms with Crippen molar-refractivity contribution in [1.82, 2.24) is 10.6 Å². The van der Waals surface area contributed by atoms with Crippen molar-refractivity contribution in [2.45, 2.75) is 39.5 Å². The van der Waals surface area contributed by atoms with E-state index in [0.29, 0.717) is 18.9 Å². The second-order valence-corrected chi connectivity index (χ2v) is 6.22. The van der Waals surface area contributed by atoms with Crippen LogP contribution < -0.4 is 15.4 Å². The summed E-state index contributed by atoms with van der Waals surface area (Å²) in [5, 5.41) is 6.40. The van der Waals surface area contributed by atoms with Gasteiger partial charge in [0.15, 0.2) is 0 Å². The highest BCUT2D eigenvalue weighted by molar-refractivity contribution is 5.75. The fourth-order valence-corrected chi connectivity index (χ4v) is 2.89. The maximum absolute atomic E-state index is 11.8. The smallest absolute Gasteiger partial charge is 0.223 e. The highest BCUT2D eigenvalue weighted by atomic mass is 16.5. The average molecular weight is 304 g/mol. The Labute approximate surface area is 133 Å². The average Bonchev–Trinajstić information content (AvgIpc) is 2.50. The zero-order chi connectivity index (χ0) is 15.8. The van der Waals surface area contributed by atoms with Gasteiger partial charge in [-0.25, -0.2) is 0 Å². The molecule has 1 amide bonds. The molecule has 122 valence electrons. The van der Waals surface area contributed by atoms with Gasteiger partial charge in [-0.2, -0.15) is 0 Å². The maximum Gasteiger partial charge on any atom is 0.223 e. The summed E-state index contributed by atoms with van der Waals surface area (Å²) in [6, 6.07) is 6.09. The predicted octanol–water partition coefficient (Wildman–Crippen LogP) is 2.58. The molecule has 0 aromatic heterocycles. The summed E-state index contributed by atoms with van der Waals surface area (Å²) in [6.07, 6.45) is 4.01. The van der Waals surface area contributed by atoms with E-state index >= 15 is 0 Å². The third-order valence-electron chi connectivity index (χ3n) is 4.19. The quantitative estimate of drug-likeness (QED) is 0.814. The van der Waals surface area contributed by atoms with Crippen LogP contribution in [0, 0.1) is 19.8 Å². The molecule has 1 aromatic carbocycles. The van der Waals surface area contributed by atoms with Gasteiger partial charge in [0.05, 0.1) is 13.0 Å². The zero-order valence-corrected chi connectivity index (χ0v) is 13.8. The van der Waals surface area contributed by atoms with Gasteiger partial charge in [0.25, 0.3) is 0 Å². The highest BCUT2D eigenvalue weighted by Gasteiger charge is 2.12. The number of carbonyl (C=O) groups is 1. The number of amides is 1. The van der Waals surface area contributed by atoms with Gasteiger partial charge in [0.1, 0.15) is 5.75 Å². The van der Waals surface area contributed by atoms with Gasteiger partial charge in [-0.3, -0.25) is 4.79 Å². The van der Waals surface area contributed by atoms with Crippen molar-refractivity contribution in [3.05, 3.63) is 29.3 Å². The molecule has 1 heterocycles. The second-order valence-electron chi connectivity index (χ2n) is 6.22. The SMILES string of the molecule is Cc1ccc(OCCC(=O)NCCC2CCCNC2)c(C)c1. The van der Waals surface area contributed by atoms with E-state index in [1.165, 1.54) is 18.4 Å². The van der Waals surface area contributed by atoms with E-state index in [9.17, 15) is 4.79 Å². The molecule has 0 bridgehead atoms.